The van der Waals surface area contributed by atoms with Crippen molar-refractivity contribution in [1.82, 2.24) is 4.98 Å². The summed E-state index contributed by atoms with van der Waals surface area (Å²) >= 11 is 0. The Morgan fingerprint density at radius 1 is 1.30 bits per heavy atom. The number of aromatic nitrogens is 1. The zero-order valence-corrected chi connectivity index (χ0v) is 11.8. The second-order valence-electron chi connectivity index (χ2n) is 4.60. The van der Waals surface area contributed by atoms with Crippen molar-refractivity contribution in [2.75, 3.05) is 11.9 Å². The first-order chi connectivity index (χ1) is 9.70. The van der Waals surface area contributed by atoms with Crippen molar-refractivity contribution in [3.8, 4) is 0 Å². The number of para-hydroxylation sites is 1. The molecule has 0 aliphatic heterocycles. The lowest BCUT2D eigenvalue weighted by molar-refractivity contribution is 0.134. The molecule has 0 aliphatic rings. The number of hydrogen-bond donors (Lipinski definition) is 1. The second kappa shape index (κ2) is 7.01. The van der Waals surface area contributed by atoms with Gasteiger partial charge in [-0.05, 0) is 31.5 Å². The van der Waals surface area contributed by atoms with Crippen LogP contribution >= 0.6 is 0 Å². The topological polar surface area (TPSA) is 34.1 Å². The number of benzene rings is 1. The van der Waals surface area contributed by atoms with Crippen LogP contribution in [0.1, 0.15) is 31.0 Å². The first-order valence-electron chi connectivity index (χ1n) is 6.73. The Morgan fingerprint density at radius 3 is 2.85 bits per heavy atom. The summed E-state index contributed by atoms with van der Waals surface area (Å²) in [5, 5.41) is 3.38. The lowest BCUT2D eigenvalue weighted by atomic mass is 10.1. The summed E-state index contributed by atoms with van der Waals surface area (Å²) in [7, 11) is 0. The second-order valence-corrected chi connectivity index (χ2v) is 4.60. The van der Waals surface area contributed by atoms with E-state index in [9.17, 15) is 4.39 Å². The van der Waals surface area contributed by atoms with Gasteiger partial charge in [0.05, 0.1) is 18.8 Å². The minimum absolute atomic E-state index is 0.0269. The molecule has 4 heteroatoms. The zero-order chi connectivity index (χ0) is 14.4. The van der Waals surface area contributed by atoms with E-state index in [-0.39, 0.29) is 11.9 Å². The summed E-state index contributed by atoms with van der Waals surface area (Å²) < 4.78 is 18.7. The molecule has 0 radical (unpaired) electrons. The summed E-state index contributed by atoms with van der Waals surface area (Å²) in [6, 6.07) is 9.44. The van der Waals surface area contributed by atoms with Crippen LogP contribution in [0, 0.1) is 5.82 Å². The fourth-order valence-electron chi connectivity index (χ4n) is 1.98. The monoisotopic (exact) mass is 274 g/mol. The van der Waals surface area contributed by atoms with E-state index in [1.54, 1.807) is 6.20 Å². The molecule has 1 unspecified atom stereocenters. The third-order valence-corrected chi connectivity index (χ3v) is 3.08. The fraction of sp³-hybridized carbons (Fsp3) is 0.312. The maximum Gasteiger partial charge on any atom is 0.141 e. The van der Waals surface area contributed by atoms with Gasteiger partial charge in [0.2, 0.25) is 0 Å². The Hall–Kier alpha value is -1.94. The molecule has 2 rings (SSSR count). The number of nitrogens with zero attached hydrogens (tertiary/aromatic N) is 1. The van der Waals surface area contributed by atoms with Crippen molar-refractivity contribution in [2.24, 2.45) is 0 Å². The summed E-state index contributed by atoms with van der Waals surface area (Å²) in [6.07, 6.45) is 2.88. The zero-order valence-electron chi connectivity index (χ0n) is 11.8. The number of hydrogen-bond acceptors (Lipinski definition) is 3. The summed E-state index contributed by atoms with van der Waals surface area (Å²) in [5.41, 5.74) is 2.90. The third-order valence-electron chi connectivity index (χ3n) is 3.08. The molecule has 0 amide bonds. The van der Waals surface area contributed by atoms with Crippen molar-refractivity contribution >= 4 is 5.69 Å². The van der Waals surface area contributed by atoms with Crippen LogP contribution in [0.15, 0.2) is 42.7 Å². The molecule has 3 nitrogen and oxygen atoms in total. The van der Waals surface area contributed by atoms with Crippen LogP contribution in [-0.4, -0.2) is 11.6 Å². The molecule has 1 heterocycles. The van der Waals surface area contributed by atoms with Crippen LogP contribution in [0.5, 0.6) is 0 Å². The predicted octanol–water partition coefficient (Wildman–Crippen LogP) is 3.93. The van der Waals surface area contributed by atoms with Crippen molar-refractivity contribution in [1.29, 1.82) is 0 Å². The van der Waals surface area contributed by atoms with Crippen LogP contribution in [0.25, 0.3) is 0 Å². The van der Waals surface area contributed by atoms with Crippen molar-refractivity contribution in [2.45, 2.75) is 26.5 Å². The van der Waals surface area contributed by atoms with E-state index in [0.717, 1.165) is 16.8 Å². The van der Waals surface area contributed by atoms with E-state index in [1.807, 2.05) is 38.1 Å². The van der Waals surface area contributed by atoms with E-state index in [0.29, 0.717) is 13.2 Å². The van der Waals surface area contributed by atoms with Crippen LogP contribution in [0.2, 0.25) is 0 Å². The molecule has 0 aliphatic carbocycles. The van der Waals surface area contributed by atoms with E-state index in [1.165, 1.54) is 12.3 Å². The SMILES string of the molecule is CCOCc1ccccc1NC(C)c1cncc(F)c1. The Labute approximate surface area is 118 Å². The quantitative estimate of drug-likeness (QED) is 0.866. The minimum atomic E-state index is -0.321. The lowest BCUT2D eigenvalue weighted by Crippen LogP contribution is -2.09. The van der Waals surface area contributed by atoms with Crippen LogP contribution < -0.4 is 5.32 Å². The minimum Gasteiger partial charge on any atom is -0.378 e. The molecule has 0 bridgehead atoms. The Kier molecular flexibility index (Phi) is 5.07. The number of pyridine rings is 1. The molecule has 0 fully saturated rings. The number of rotatable bonds is 6. The predicted molar refractivity (Wildman–Crippen MR) is 78.0 cm³/mol. The summed E-state index contributed by atoms with van der Waals surface area (Å²) in [4.78, 5) is 3.88. The van der Waals surface area contributed by atoms with Crippen molar-refractivity contribution in [3.63, 3.8) is 0 Å². The normalized spacial score (nSPS) is 12.2. The number of halogens is 1. The van der Waals surface area contributed by atoms with Gasteiger partial charge in [0.1, 0.15) is 5.82 Å². The standard InChI is InChI=1S/C16H19FN2O/c1-3-20-11-13-6-4-5-7-16(13)19-12(2)14-8-15(17)10-18-9-14/h4-10,12,19H,3,11H2,1-2H3. The fourth-order valence-corrected chi connectivity index (χ4v) is 1.98. The van der Waals surface area contributed by atoms with Gasteiger partial charge in [-0.15, -0.1) is 0 Å². The molecule has 1 atom stereocenters. The largest absolute Gasteiger partial charge is 0.378 e. The highest BCUT2D eigenvalue weighted by atomic mass is 19.1. The van der Waals surface area contributed by atoms with Gasteiger partial charge >= 0.3 is 0 Å². The third kappa shape index (κ3) is 3.78. The molecule has 1 N–H and O–H groups in total. The van der Waals surface area contributed by atoms with Gasteiger partial charge in [0.15, 0.2) is 0 Å². The molecule has 20 heavy (non-hydrogen) atoms. The average molecular weight is 274 g/mol. The smallest absolute Gasteiger partial charge is 0.141 e. The summed E-state index contributed by atoms with van der Waals surface area (Å²) in [5.74, 6) is -0.321. The number of anilines is 1. The highest BCUT2D eigenvalue weighted by Gasteiger charge is 2.09. The van der Waals surface area contributed by atoms with Crippen molar-refractivity contribution in [3.05, 3.63) is 59.7 Å². The number of ether oxygens (including phenoxy) is 1. The van der Waals surface area contributed by atoms with E-state index in [4.69, 9.17) is 4.74 Å². The van der Waals surface area contributed by atoms with Gasteiger partial charge in [0.25, 0.3) is 0 Å². The highest BCUT2D eigenvalue weighted by Crippen LogP contribution is 2.23. The van der Waals surface area contributed by atoms with Gasteiger partial charge in [-0.25, -0.2) is 4.39 Å². The van der Waals surface area contributed by atoms with E-state index < -0.39 is 0 Å². The van der Waals surface area contributed by atoms with Gasteiger partial charge < -0.3 is 10.1 Å². The molecule has 1 aromatic heterocycles. The van der Waals surface area contributed by atoms with Gasteiger partial charge in [-0.1, -0.05) is 18.2 Å². The first-order valence-corrected chi connectivity index (χ1v) is 6.73. The highest BCUT2D eigenvalue weighted by molar-refractivity contribution is 5.52. The Morgan fingerprint density at radius 2 is 2.10 bits per heavy atom. The average Bonchev–Trinajstić information content (AvgIpc) is 2.46. The Bertz CT molecular complexity index is 560. The van der Waals surface area contributed by atoms with Crippen molar-refractivity contribution < 1.29 is 9.13 Å². The van der Waals surface area contributed by atoms with Crippen LogP contribution in [0.4, 0.5) is 10.1 Å². The van der Waals surface area contributed by atoms with Gasteiger partial charge in [-0.3, -0.25) is 4.98 Å². The van der Waals surface area contributed by atoms with Gasteiger partial charge in [0, 0.05) is 24.1 Å². The molecule has 1 aromatic carbocycles. The van der Waals surface area contributed by atoms with Gasteiger partial charge in [-0.2, -0.15) is 0 Å². The number of nitrogens with one attached hydrogen (secondary N) is 1. The molecule has 0 spiro atoms. The molecule has 0 saturated heterocycles. The molecule has 2 aromatic rings. The molecular weight excluding hydrogens is 255 g/mol. The van der Waals surface area contributed by atoms with E-state index >= 15 is 0 Å². The van der Waals surface area contributed by atoms with Crippen LogP contribution in [-0.2, 0) is 11.3 Å². The Balaban J connectivity index is 2.13. The molecule has 106 valence electrons. The molecule has 0 saturated carbocycles. The maximum atomic E-state index is 13.2. The lowest BCUT2D eigenvalue weighted by Gasteiger charge is -2.18. The molecular formula is C16H19FN2O. The summed E-state index contributed by atoms with van der Waals surface area (Å²) in [6.45, 7) is 5.19. The van der Waals surface area contributed by atoms with Crippen LogP contribution in [0.3, 0.4) is 0 Å². The first kappa shape index (κ1) is 14.5. The van der Waals surface area contributed by atoms with E-state index in [2.05, 4.69) is 10.3 Å². The maximum absolute atomic E-state index is 13.2.